The number of imide groups is 1. The van der Waals surface area contributed by atoms with Gasteiger partial charge in [-0.1, -0.05) is 6.08 Å². The molecular weight excluding hydrogens is 552 g/mol. The highest BCUT2D eigenvalue weighted by atomic mass is 32.2. The molecule has 0 unspecified atom stereocenters. The van der Waals surface area contributed by atoms with Crippen LogP contribution < -0.4 is 9.47 Å². The van der Waals surface area contributed by atoms with Gasteiger partial charge < -0.3 is 18.6 Å². The van der Waals surface area contributed by atoms with Crippen LogP contribution in [0.15, 0.2) is 70.5 Å². The van der Waals surface area contributed by atoms with Crippen LogP contribution in [0, 0.1) is 10.1 Å². The van der Waals surface area contributed by atoms with Gasteiger partial charge in [-0.05, 0) is 78.7 Å². The van der Waals surface area contributed by atoms with Crippen molar-refractivity contribution in [3.05, 3.63) is 104 Å². The third-order valence-electron chi connectivity index (χ3n) is 5.88. The third-order valence-corrected chi connectivity index (χ3v) is 6.79. The summed E-state index contributed by atoms with van der Waals surface area (Å²) < 4.78 is 22.0. The average Bonchev–Trinajstić information content (AvgIpc) is 3.53. The van der Waals surface area contributed by atoms with Crippen LogP contribution in [0.5, 0.6) is 11.5 Å². The lowest BCUT2D eigenvalue weighted by atomic mass is 10.0. The summed E-state index contributed by atoms with van der Waals surface area (Å²) in [4.78, 5) is 49.1. The molecule has 1 aliphatic heterocycles. The fourth-order valence-electron chi connectivity index (χ4n) is 3.99. The molecule has 2 aromatic carbocycles. The minimum atomic E-state index is -0.661. The summed E-state index contributed by atoms with van der Waals surface area (Å²) in [6.45, 7) is 5.99. The minimum Gasteiger partial charge on any atom is -0.490 e. The van der Waals surface area contributed by atoms with Crippen LogP contribution in [0.1, 0.15) is 39.9 Å². The molecule has 11 nitrogen and oxygen atoms in total. The summed E-state index contributed by atoms with van der Waals surface area (Å²) in [5.41, 5.74) is 2.07. The average molecular weight is 579 g/mol. The van der Waals surface area contributed by atoms with Gasteiger partial charge in [0.05, 0.1) is 30.1 Å². The zero-order valence-electron chi connectivity index (χ0n) is 22.3. The number of carbonyl (C=O) groups is 3. The number of esters is 1. The minimum absolute atomic E-state index is 0.0139. The molecular formula is C29H26N2O9S. The molecule has 0 atom stereocenters. The first-order valence-corrected chi connectivity index (χ1v) is 13.2. The van der Waals surface area contributed by atoms with Crippen LogP contribution >= 0.6 is 11.8 Å². The van der Waals surface area contributed by atoms with Gasteiger partial charge in [0.1, 0.15) is 12.4 Å². The zero-order valence-corrected chi connectivity index (χ0v) is 23.1. The molecule has 0 N–H and O–H groups in total. The van der Waals surface area contributed by atoms with Crippen molar-refractivity contribution in [2.45, 2.75) is 26.5 Å². The van der Waals surface area contributed by atoms with Crippen LogP contribution in [0.3, 0.4) is 0 Å². The number of methoxy groups -OCH3 is 1. The van der Waals surface area contributed by atoms with E-state index in [-0.39, 0.29) is 35.3 Å². The van der Waals surface area contributed by atoms with E-state index in [1.54, 1.807) is 30.4 Å². The number of amides is 2. The summed E-state index contributed by atoms with van der Waals surface area (Å²) in [6.07, 6.45) is 3.73. The molecule has 212 valence electrons. The van der Waals surface area contributed by atoms with E-state index in [2.05, 4.69) is 11.3 Å². The fourth-order valence-corrected chi connectivity index (χ4v) is 4.82. The lowest BCUT2D eigenvalue weighted by Gasteiger charge is -2.17. The zero-order chi connectivity index (χ0) is 29.5. The normalized spacial score (nSPS) is 13.9. The Morgan fingerprint density at radius 3 is 2.56 bits per heavy atom. The van der Waals surface area contributed by atoms with Crippen LogP contribution in [-0.2, 0) is 29.1 Å². The lowest BCUT2D eigenvalue weighted by molar-refractivity contribution is -0.384. The van der Waals surface area contributed by atoms with Gasteiger partial charge in [-0.2, -0.15) is 0 Å². The van der Waals surface area contributed by atoms with Crippen LogP contribution in [0.2, 0.25) is 0 Å². The number of non-ortho nitro benzene ring substituents is 1. The second-order valence-corrected chi connectivity index (χ2v) is 9.66. The number of hydrogen-bond acceptors (Lipinski definition) is 10. The Labute approximate surface area is 239 Å². The Balaban J connectivity index is 1.57. The van der Waals surface area contributed by atoms with Gasteiger partial charge in [-0.3, -0.25) is 24.6 Å². The van der Waals surface area contributed by atoms with E-state index < -0.39 is 22.0 Å². The smallest absolute Gasteiger partial charge is 0.373 e. The second-order valence-electron chi connectivity index (χ2n) is 8.67. The number of rotatable bonds is 12. The SMILES string of the molecule is C=CCc1cc(/C=C2/SC(=O)N(Cc3ccc(C(=O)OC)o3)C2=O)cc(OCC)c1OCc1ccc([N+](=O)[O-])cc1. The number of nitro benzene ring substituents is 1. The molecule has 41 heavy (non-hydrogen) atoms. The Hall–Kier alpha value is -4.84. The van der Waals surface area contributed by atoms with E-state index in [1.807, 2.05) is 13.0 Å². The van der Waals surface area contributed by atoms with E-state index in [9.17, 15) is 24.5 Å². The summed E-state index contributed by atoms with van der Waals surface area (Å²) in [5.74, 6) is -0.0159. The van der Waals surface area contributed by atoms with Gasteiger partial charge in [-0.25, -0.2) is 4.79 Å². The number of carbonyl (C=O) groups excluding carboxylic acids is 3. The maximum atomic E-state index is 13.1. The van der Waals surface area contributed by atoms with Gasteiger partial charge >= 0.3 is 5.97 Å². The van der Waals surface area contributed by atoms with Gasteiger partial charge in [0.15, 0.2) is 11.5 Å². The quantitative estimate of drug-likeness (QED) is 0.0837. The van der Waals surface area contributed by atoms with Crippen molar-refractivity contribution in [3.8, 4) is 11.5 Å². The second kappa shape index (κ2) is 13.0. The first-order valence-electron chi connectivity index (χ1n) is 12.4. The maximum absolute atomic E-state index is 13.1. The predicted octanol–water partition coefficient (Wildman–Crippen LogP) is 5.92. The summed E-state index contributed by atoms with van der Waals surface area (Å²) in [6, 6.07) is 12.5. The molecule has 1 aliphatic rings. The number of nitro groups is 1. The van der Waals surface area contributed by atoms with E-state index in [1.165, 1.54) is 31.4 Å². The van der Waals surface area contributed by atoms with Crippen LogP contribution in [0.4, 0.5) is 10.5 Å². The van der Waals surface area contributed by atoms with Crippen molar-refractivity contribution in [1.82, 2.24) is 4.90 Å². The van der Waals surface area contributed by atoms with Crippen molar-refractivity contribution in [3.63, 3.8) is 0 Å². The molecule has 2 heterocycles. The number of ether oxygens (including phenoxy) is 3. The highest BCUT2D eigenvalue weighted by molar-refractivity contribution is 8.18. The van der Waals surface area contributed by atoms with E-state index in [0.717, 1.165) is 27.8 Å². The van der Waals surface area contributed by atoms with Gasteiger partial charge in [-0.15, -0.1) is 6.58 Å². The van der Waals surface area contributed by atoms with Crippen molar-refractivity contribution < 1.29 is 37.9 Å². The first-order chi connectivity index (χ1) is 19.7. The number of hydrogen-bond donors (Lipinski definition) is 0. The van der Waals surface area contributed by atoms with E-state index >= 15 is 0 Å². The van der Waals surface area contributed by atoms with Crippen molar-refractivity contribution in [2.24, 2.45) is 0 Å². The largest absolute Gasteiger partial charge is 0.490 e. The Morgan fingerprint density at radius 1 is 1.15 bits per heavy atom. The molecule has 0 saturated carbocycles. The number of benzene rings is 2. The number of furan rings is 1. The Kier molecular flexibility index (Phi) is 9.25. The van der Waals surface area contributed by atoms with Crippen molar-refractivity contribution in [1.29, 1.82) is 0 Å². The molecule has 1 saturated heterocycles. The number of nitrogens with zero attached hydrogens (tertiary/aromatic N) is 2. The summed E-state index contributed by atoms with van der Waals surface area (Å²) in [7, 11) is 1.22. The standard InChI is InChI=1S/C29H26N2O9S/c1-4-6-20-13-19(14-24(38-5-2)26(20)39-17-18-7-9-21(10-8-18)31(35)36)15-25-27(32)30(29(34)41-25)16-22-11-12-23(40-22)28(33)37-3/h4,7-15H,1,5-6,16-17H2,2-3H3/b25-15+. The van der Waals surface area contributed by atoms with Crippen LogP contribution in [0.25, 0.3) is 6.08 Å². The van der Waals surface area contributed by atoms with Gasteiger partial charge in [0.2, 0.25) is 5.76 Å². The highest BCUT2D eigenvalue weighted by Crippen LogP contribution is 2.38. The number of thioether (sulfide) groups is 1. The van der Waals surface area contributed by atoms with Crippen LogP contribution in [-0.4, -0.2) is 40.7 Å². The molecule has 1 aromatic heterocycles. The highest BCUT2D eigenvalue weighted by Gasteiger charge is 2.36. The van der Waals surface area contributed by atoms with E-state index in [4.69, 9.17) is 13.9 Å². The molecule has 0 spiro atoms. The summed E-state index contributed by atoms with van der Waals surface area (Å²) in [5, 5.41) is 10.5. The summed E-state index contributed by atoms with van der Waals surface area (Å²) >= 11 is 0.792. The Morgan fingerprint density at radius 2 is 1.90 bits per heavy atom. The van der Waals surface area contributed by atoms with E-state index in [0.29, 0.717) is 30.1 Å². The maximum Gasteiger partial charge on any atom is 0.373 e. The molecule has 0 bridgehead atoms. The van der Waals surface area contributed by atoms with Gasteiger partial charge in [0, 0.05) is 17.7 Å². The molecule has 1 fully saturated rings. The van der Waals surface area contributed by atoms with Gasteiger partial charge in [0.25, 0.3) is 16.8 Å². The third kappa shape index (κ3) is 6.84. The molecule has 0 radical (unpaired) electrons. The lowest BCUT2D eigenvalue weighted by Crippen LogP contribution is -2.27. The fraction of sp³-hybridized carbons (Fsp3) is 0.207. The predicted molar refractivity (Wildman–Crippen MR) is 151 cm³/mol. The Bertz CT molecular complexity index is 1530. The molecule has 3 aromatic rings. The molecule has 4 rings (SSSR count). The molecule has 2 amide bonds. The topological polar surface area (TPSA) is 138 Å². The molecule has 12 heteroatoms. The van der Waals surface area contributed by atoms with Crippen molar-refractivity contribution >= 4 is 40.6 Å². The monoisotopic (exact) mass is 578 g/mol. The molecule has 0 aliphatic carbocycles. The first kappa shape index (κ1) is 29.2. The van der Waals surface area contributed by atoms with Crippen molar-refractivity contribution in [2.75, 3.05) is 13.7 Å². The number of allylic oxidation sites excluding steroid dienone is 1.